The van der Waals surface area contributed by atoms with Gasteiger partial charge in [-0.25, -0.2) is 4.98 Å². The maximum absolute atomic E-state index is 11.9. The molecule has 0 bridgehead atoms. The summed E-state index contributed by atoms with van der Waals surface area (Å²) >= 11 is 0. The van der Waals surface area contributed by atoms with Crippen molar-refractivity contribution in [2.45, 2.75) is 26.7 Å². The van der Waals surface area contributed by atoms with Crippen LogP contribution in [0.15, 0.2) is 29.1 Å². The molecule has 4 nitrogen and oxygen atoms in total. The second kappa shape index (κ2) is 6.48. The summed E-state index contributed by atoms with van der Waals surface area (Å²) in [6.45, 7) is 7.51. The van der Waals surface area contributed by atoms with Crippen LogP contribution in [0.25, 0.3) is 10.9 Å². The van der Waals surface area contributed by atoms with Crippen LogP contribution in [0.1, 0.15) is 26.1 Å². The van der Waals surface area contributed by atoms with Crippen molar-refractivity contribution in [2.24, 2.45) is 0 Å². The van der Waals surface area contributed by atoms with Gasteiger partial charge in [0, 0.05) is 6.42 Å². The fourth-order valence-electron chi connectivity index (χ4n) is 2.26. The summed E-state index contributed by atoms with van der Waals surface area (Å²) in [5, 5.41) is 0.662. The lowest BCUT2D eigenvalue weighted by molar-refractivity contribution is 0.299. The molecule has 0 saturated heterocycles. The second-order valence-corrected chi connectivity index (χ2v) is 4.66. The molecule has 0 amide bonds. The molecule has 2 rings (SSSR count). The number of benzene rings is 1. The van der Waals surface area contributed by atoms with Gasteiger partial charge in [-0.1, -0.05) is 26.0 Å². The smallest absolute Gasteiger partial charge is 0.258 e. The Morgan fingerprint density at radius 1 is 1.21 bits per heavy atom. The number of aryl methyl sites for hydroxylation is 1. The Morgan fingerprint density at radius 2 is 1.95 bits per heavy atom. The molecule has 2 aromatic rings. The second-order valence-electron chi connectivity index (χ2n) is 4.66. The van der Waals surface area contributed by atoms with Gasteiger partial charge < -0.3 is 9.88 Å². The molecule has 1 aromatic heterocycles. The van der Waals surface area contributed by atoms with Crippen molar-refractivity contribution < 1.29 is 0 Å². The summed E-state index contributed by atoms with van der Waals surface area (Å²) in [5.74, 6) is 0.788. The van der Waals surface area contributed by atoms with Crippen LogP contribution in [0.2, 0.25) is 0 Å². The van der Waals surface area contributed by atoms with Crippen LogP contribution in [-0.4, -0.2) is 34.5 Å². The maximum Gasteiger partial charge on any atom is 0.258 e. The van der Waals surface area contributed by atoms with Crippen LogP contribution < -0.4 is 5.56 Å². The van der Waals surface area contributed by atoms with Gasteiger partial charge in [-0.3, -0.25) is 4.79 Å². The van der Waals surface area contributed by atoms with Gasteiger partial charge in [0.1, 0.15) is 5.82 Å². The number of nitrogens with one attached hydrogen (secondary N) is 1. The van der Waals surface area contributed by atoms with Crippen LogP contribution in [-0.2, 0) is 6.42 Å². The summed E-state index contributed by atoms with van der Waals surface area (Å²) in [5.41, 5.74) is 0.743. The van der Waals surface area contributed by atoms with E-state index in [1.807, 2.05) is 18.2 Å². The van der Waals surface area contributed by atoms with Gasteiger partial charge in [-0.05, 0) is 38.2 Å². The number of para-hydroxylation sites is 1. The zero-order valence-corrected chi connectivity index (χ0v) is 11.6. The monoisotopic (exact) mass is 259 g/mol. The first-order chi connectivity index (χ1) is 9.24. The number of H-pyrrole nitrogens is 1. The van der Waals surface area contributed by atoms with Crippen LogP contribution in [0, 0.1) is 0 Å². The topological polar surface area (TPSA) is 49.0 Å². The molecule has 19 heavy (non-hydrogen) atoms. The van der Waals surface area contributed by atoms with E-state index < -0.39 is 0 Å². The van der Waals surface area contributed by atoms with Gasteiger partial charge in [0.15, 0.2) is 0 Å². The Bertz CT molecular complexity index is 587. The van der Waals surface area contributed by atoms with E-state index >= 15 is 0 Å². The number of fused-ring (bicyclic) bond motifs is 1. The third kappa shape index (κ3) is 3.41. The van der Waals surface area contributed by atoms with Crippen molar-refractivity contribution in [3.05, 3.63) is 40.4 Å². The number of rotatable bonds is 6. The van der Waals surface area contributed by atoms with Crippen LogP contribution >= 0.6 is 0 Å². The highest BCUT2D eigenvalue weighted by Crippen LogP contribution is 2.06. The molecular formula is C15H21N3O. The fraction of sp³-hybridized carbons (Fsp3) is 0.467. The first kappa shape index (κ1) is 13.7. The van der Waals surface area contributed by atoms with E-state index in [0.717, 1.165) is 43.8 Å². The number of aromatic amines is 1. The van der Waals surface area contributed by atoms with Gasteiger partial charge >= 0.3 is 0 Å². The molecular weight excluding hydrogens is 238 g/mol. The van der Waals surface area contributed by atoms with Gasteiger partial charge in [-0.2, -0.15) is 0 Å². The Kier molecular flexibility index (Phi) is 4.68. The van der Waals surface area contributed by atoms with E-state index in [0.29, 0.717) is 5.39 Å². The molecule has 0 aliphatic heterocycles. The standard InChI is InChI=1S/C15H21N3O/c1-3-18(4-2)11-7-10-14-16-13-9-6-5-8-12(13)15(19)17-14/h5-6,8-9H,3-4,7,10-11H2,1-2H3,(H,16,17,19). The largest absolute Gasteiger partial charge is 0.310 e. The van der Waals surface area contributed by atoms with Crippen molar-refractivity contribution in [3.63, 3.8) is 0 Å². The van der Waals surface area contributed by atoms with E-state index in [9.17, 15) is 4.79 Å². The lowest BCUT2D eigenvalue weighted by Gasteiger charge is -2.17. The van der Waals surface area contributed by atoms with Crippen molar-refractivity contribution in [1.82, 2.24) is 14.9 Å². The molecule has 0 fully saturated rings. The highest BCUT2D eigenvalue weighted by atomic mass is 16.1. The predicted molar refractivity (Wildman–Crippen MR) is 78.5 cm³/mol. The van der Waals surface area contributed by atoms with Crippen molar-refractivity contribution in [3.8, 4) is 0 Å². The molecule has 0 atom stereocenters. The molecule has 0 saturated carbocycles. The van der Waals surface area contributed by atoms with Gasteiger partial charge in [0.05, 0.1) is 10.9 Å². The molecule has 0 radical (unpaired) electrons. The first-order valence-corrected chi connectivity index (χ1v) is 6.95. The van der Waals surface area contributed by atoms with Crippen molar-refractivity contribution >= 4 is 10.9 Å². The average molecular weight is 259 g/mol. The molecule has 0 unspecified atom stereocenters. The summed E-state index contributed by atoms with van der Waals surface area (Å²) < 4.78 is 0. The zero-order chi connectivity index (χ0) is 13.7. The molecule has 4 heteroatoms. The minimum absolute atomic E-state index is 0.0385. The van der Waals surface area contributed by atoms with E-state index in [1.54, 1.807) is 6.07 Å². The first-order valence-electron chi connectivity index (χ1n) is 6.95. The third-order valence-electron chi connectivity index (χ3n) is 3.44. The highest BCUT2D eigenvalue weighted by Gasteiger charge is 2.04. The van der Waals surface area contributed by atoms with Crippen molar-refractivity contribution in [2.75, 3.05) is 19.6 Å². The Labute approximate surface area is 113 Å². The SMILES string of the molecule is CCN(CC)CCCc1nc2ccccc2c(=O)[nH]1. The maximum atomic E-state index is 11.9. The average Bonchev–Trinajstić information content (AvgIpc) is 2.44. The zero-order valence-electron chi connectivity index (χ0n) is 11.6. The number of hydrogen-bond acceptors (Lipinski definition) is 3. The quantitative estimate of drug-likeness (QED) is 0.865. The molecule has 102 valence electrons. The summed E-state index contributed by atoms with van der Waals surface area (Å²) in [6, 6.07) is 7.47. The van der Waals surface area contributed by atoms with E-state index in [4.69, 9.17) is 0 Å². The molecule has 1 aromatic carbocycles. The predicted octanol–water partition coefficient (Wildman–Crippen LogP) is 2.20. The third-order valence-corrected chi connectivity index (χ3v) is 3.44. The molecule has 1 N–H and O–H groups in total. The van der Waals surface area contributed by atoms with Gasteiger partial charge in [0.25, 0.3) is 5.56 Å². The Morgan fingerprint density at radius 3 is 2.68 bits per heavy atom. The Hall–Kier alpha value is -1.68. The fourth-order valence-corrected chi connectivity index (χ4v) is 2.26. The summed E-state index contributed by atoms with van der Waals surface area (Å²) in [7, 11) is 0. The van der Waals surface area contributed by atoms with Gasteiger partial charge in [0.2, 0.25) is 0 Å². The number of aromatic nitrogens is 2. The molecule has 0 aliphatic carbocycles. The normalized spacial score (nSPS) is 11.3. The molecule has 0 aliphatic rings. The highest BCUT2D eigenvalue weighted by molar-refractivity contribution is 5.77. The minimum atomic E-state index is -0.0385. The lowest BCUT2D eigenvalue weighted by Crippen LogP contribution is -2.24. The number of hydrogen-bond donors (Lipinski definition) is 1. The summed E-state index contributed by atoms with van der Waals surface area (Å²) in [6.07, 6.45) is 1.83. The molecule has 1 heterocycles. The van der Waals surface area contributed by atoms with E-state index in [2.05, 4.69) is 28.7 Å². The van der Waals surface area contributed by atoms with E-state index in [1.165, 1.54) is 0 Å². The summed E-state index contributed by atoms with van der Waals surface area (Å²) in [4.78, 5) is 21.7. The van der Waals surface area contributed by atoms with Crippen LogP contribution in [0.3, 0.4) is 0 Å². The number of nitrogens with zero attached hydrogens (tertiary/aromatic N) is 2. The van der Waals surface area contributed by atoms with Crippen LogP contribution in [0.5, 0.6) is 0 Å². The Balaban J connectivity index is 2.07. The van der Waals surface area contributed by atoms with Crippen LogP contribution in [0.4, 0.5) is 0 Å². The molecule has 0 spiro atoms. The minimum Gasteiger partial charge on any atom is -0.310 e. The van der Waals surface area contributed by atoms with Crippen molar-refractivity contribution in [1.29, 1.82) is 0 Å². The van der Waals surface area contributed by atoms with E-state index in [-0.39, 0.29) is 5.56 Å². The lowest BCUT2D eigenvalue weighted by atomic mass is 10.2. The van der Waals surface area contributed by atoms with Gasteiger partial charge in [-0.15, -0.1) is 0 Å².